The van der Waals surface area contributed by atoms with Crippen LogP contribution in [-0.2, 0) is 17.8 Å². The summed E-state index contributed by atoms with van der Waals surface area (Å²) >= 11 is 0. The molecule has 0 saturated carbocycles. The largest absolute Gasteiger partial charge is 0.496 e. The number of aliphatic carboxylic acids is 1. The molecule has 0 aliphatic heterocycles. The molecule has 0 amide bonds. The van der Waals surface area contributed by atoms with Crippen LogP contribution in [0, 0.1) is 5.92 Å². The van der Waals surface area contributed by atoms with E-state index in [4.69, 9.17) is 19.7 Å². The van der Waals surface area contributed by atoms with Gasteiger partial charge in [-0.2, -0.15) is 5.10 Å². The van der Waals surface area contributed by atoms with Gasteiger partial charge in [-0.1, -0.05) is 32.0 Å². The number of ether oxygens (including phenoxy) is 2. The standard InChI is InChI=1S/C23H26N2O4/c1-15(2)14-25-20(17-7-5-6-8-21(17)28-3)13-19(24-25)18-11-16(12-23(26)27)9-10-22(18)29-4/h5-11,13,15H,12,14H2,1-4H3,(H,26,27). The van der Waals surface area contributed by atoms with Gasteiger partial charge in [-0.3, -0.25) is 9.48 Å². The van der Waals surface area contributed by atoms with E-state index in [-0.39, 0.29) is 6.42 Å². The Morgan fingerprint density at radius 3 is 2.38 bits per heavy atom. The number of hydrogen-bond donors (Lipinski definition) is 1. The Labute approximate surface area is 170 Å². The molecule has 0 fully saturated rings. The fourth-order valence-electron chi connectivity index (χ4n) is 3.35. The summed E-state index contributed by atoms with van der Waals surface area (Å²) in [5.74, 6) is 0.952. The molecular formula is C23H26N2O4. The van der Waals surface area contributed by atoms with Crippen molar-refractivity contribution in [1.82, 2.24) is 9.78 Å². The molecule has 0 bridgehead atoms. The SMILES string of the molecule is COc1ccc(CC(=O)O)cc1-c1cc(-c2ccccc2OC)n(CC(C)C)n1. The van der Waals surface area contributed by atoms with Crippen LogP contribution in [0.1, 0.15) is 19.4 Å². The van der Waals surface area contributed by atoms with E-state index < -0.39 is 5.97 Å². The molecular weight excluding hydrogens is 368 g/mol. The lowest BCUT2D eigenvalue weighted by Gasteiger charge is -2.12. The zero-order valence-corrected chi connectivity index (χ0v) is 17.2. The molecule has 1 heterocycles. The smallest absolute Gasteiger partial charge is 0.307 e. The zero-order valence-electron chi connectivity index (χ0n) is 17.2. The van der Waals surface area contributed by atoms with Crippen molar-refractivity contribution in [3.63, 3.8) is 0 Å². The molecule has 1 aromatic heterocycles. The number of benzene rings is 2. The van der Waals surface area contributed by atoms with Gasteiger partial charge in [0.05, 0.1) is 32.0 Å². The maximum absolute atomic E-state index is 11.1. The summed E-state index contributed by atoms with van der Waals surface area (Å²) in [5, 5.41) is 14.0. The predicted octanol–water partition coefficient (Wildman–Crippen LogP) is 4.52. The third-order valence-corrected chi connectivity index (χ3v) is 4.60. The summed E-state index contributed by atoms with van der Waals surface area (Å²) in [5.41, 5.74) is 4.10. The molecule has 3 aromatic rings. The first-order chi connectivity index (χ1) is 13.9. The molecule has 3 rings (SSSR count). The van der Waals surface area contributed by atoms with E-state index >= 15 is 0 Å². The lowest BCUT2D eigenvalue weighted by molar-refractivity contribution is -0.136. The minimum Gasteiger partial charge on any atom is -0.496 e. The molecule has 29 heavy (non-hydrogen) atoms. The van der Waals surface area contributed by atoms with Crippen LogP contribution in [0.4, 0.5) is 0 Å². The molecule has 152 valence electrons. The fraction of sp³-hybridized carbons (Fsp3) is 0.304. The third-order valence-electron chi connectivity index (χ3n) is 4.60. The quantitative estimate of drug-likeness (QED) is 0.608. The van der Waals surface area contributed by atoms with Gasteiger partial charge in [0.15, 0.2) is 0 Å². The van der Waals surface area contributed by atoms with E-state index in [1.54, 1.807) is 26.4 Å². The molecule has 0 saturated heterocycles. The van der Waals surface area contributed by atoms with Crippen LogP contribution in [-0.4, -0.2) is 35.1 Å². The van der Waals surface area contributed by atoms with Gasteiger partial charge >= 0.3 is 5.97 Å². The zero-order chi connectivity index (χ0) is 21.0. The highest BCUT2D eigenvalue weighted by atomic mass is 16.5. The second-order valence-corrected chi connectivity index (χ2v) is 7.30. The number of carboxylic acid groups (broad SMARTS) is 1. The number of para-hydroxylation sites is 1. The average molecular weight is 394 g/mol. The monoisotopic (exact) mass is 394 g/mol. The highest BCUT2D eigenvalue weighted by molar-refractivity contribution is 5.77. The molecule has 0 aliphatic carbocycles. The van der Waals surface area contributed by atoms with E-state index in [2.05, 4.69) is 13.8 Å². The van der Waals surface area contributed by atoms with E-state index in [0.717, 1.165) is 34.8 Å². The van der Waals surface area contributed by atoms with Crippen LogP contribution in [0.25, 0.3) is 22.5 Å². The van der Waals surface area contributed by atoms with Gasteiger partial charge < -0.3 is 14.6 Å². The number of aromatic nitrogens is 2. The highest BCUT2D eigenvalue weighted by Gasteiger charge is 2.18. The van der Waals surface area contributed by atoms with Crippen molar-refractivity contribution in [3.05, 3.63) is 54.1 Å². The van der Waals surface area contributed by atoms with Crippen molar-refractivity contribution in [2.45, 2.75) is 26.8 Å². The van der Waals surface area contributed by atoms with Crippen molar-refractivity contribution in [2.24, 2.45) is 5.92 Å². The van der Waals surface area contributed by atoms with E-state index in [1.165, 1.54) is 0 Å². The summed E-state index contributed by atoms with van der Waals surface area (Å²) in [6.45, 7) is 5.02. The fourth-order valence-corrected chi connectivity index (χ4v) is 3.35. The van der Waals surface area contributed by atoms with Crippen LogP contribution in [0.2, 0.25) is 0 Å². The summed E-state index contributed by atoms with van der Waals surface area (Å²) in [6.07, 6.45) is -0.0525. The molecule has 1 N–H and O–H groups in total. The minimum absolute atomic E-state index is 0.0525. The first kappa shape index (κ1) is 20.5. The Morgan fingerprint density at radius 1 is 1.03 bits per heavy atom. The van der Waals surface area contributed by atoms with Gasteiger partial charge in [0.25, 0.3) is 0 Å². The van der Waals surface area contributed by atoms with Gasteiger partial charge in [-0.05, 0) is 41.8 Å². The number of methoxy groups -OCH3 is 2. The number of carboxylic acids is 1. The van der Waals surface area contributed by atoms with Crippen LogP contribution in [0.5, 0.6) is 11.5 Å². The van der Waals surface area contributed by atoms with Gasteiger partial charge in [0.1, 0.15) is 11.5 Å². The summed E-state index contributed by atoms with van der Waals surface area (Å²) in [6, 6.07) is 15.2. The number of rotatable bonds is 8. The van der Waals surface area contributed by atoms with Gasteiger partial charge in [-0.25, -0.2) is 0 Å². The van der Waals surface area contributed by atoms with Crippen molar-refractivity contribution in [3.8, 4) is 34.0 Å². The lowest BCUT2D eigenvalue weighted by atomic mass is 10.0. The number of hydrogen-bond acceptors (Lipinski definition) is 4. The average Bonchev–Trinajstić information content (AvgIpc) is 3.10. The molecule has 0 aliphatic rings. The summed E-state index contributed by atoms with van der Waals surface area (Å²) < 4.78 is 13.0. The number of nitrogens with zero attached hydrogens (tertiary/aromatic N) is 2. The predicted molar refractivity (Wildman–Crippen MR) is 112 cm³/mol. The first-order valence-corrected chi connectivity index (χ1v) is 9.53. The second kappa shape index (κ2) is 8.82. The van der Waals surface area contributed by atoms with Crippen LogP contribution < -0.4 is 9.47 Å². The van der Waals surface area contributed by atoms with Crippen LogP contribution in [0.15, 0.2) is 48.5 Å². The summed E-state index contributed by atoms with van der Waals surface area (Å²) in [4.78, 5) is 11.1. The van der Waals surface area contributed by atoms with E-state index in [1.807, 2.05) is 41.1 Å². The topological polar surface area (TPSA) is 73.6 Å². The Balaban J connectivity index is 2.16. The molecule has 6 heteroatoms. The van der Waals surface area contributed by atoms with Gasteiger partial charge in [-0.15, -0.1) is 0 Å². The molecule has 6 nitrogen and oxygen atoms in total. The maximum atomic E-state index is 11.1. The van der Waals surface area contributed by atoms with Crippen molar-refractivity contribution in [1.29, 1.82) is 0 Å². The highest BCUT2D eigenvalue weighted by Crippen LogP contribution is 2.36. The summed E-state index contributed by atoms with van der Waals surface area (Å²) in [7, 11) is 3.25. The molecule has 0 radical (unpaired) electrons. The number of carbonyl (C=O) groups is 1. The molecule has 0 atom stereocenters. The maximum Gasteiger partial charge on any atom is 0.307 e. The second-order valence-electron chi connectivity index (χ2n) is 7.30. The Bertz CT molecular complexity index is 1010. The Kier molecular flexibility index (Phi) is 6.22. The normalized spacial score (nSPS) is 10.9. The van der Waals surface area contributed by atoms with Crippen molar-refractivity contribution < 1.29 is 19.4 Å². The third kappa shape index (κ3) is 4.59. The minimum atomic E-state index is -0.874. The van der Waals surface area contributed by atoms with Crippen LogP contribution >= 0.6 is 0 Å². The van der Waals surface area contributed by atoms with Gasteiger partial charge in [0, 0.05) is 17.7 Å². The van der Waals surface area contributed by atoms with Crippen LogP contribution in [0.3, 0.4) is 0 Å². The lowest BCUT2D eigenvalue weighted by Crippen LogP contribution is -2.08. The molecule has 2 aromatic carbocycles. The first-order valence-electron chi connectivity index (χ1n) is 9.53. The van der Waals surface area contributed by atoms with E-state index in [9.17, 15) is 4.79 Å². The van der Waals surface area contributed by atoms with E-state index in [0.29, 0.717) is 17.2 Å². The Hall–Kier alpha value is -3.28. The molecule has 0 spiro atoms. The van der Waals surface area contributed by atoms with Gasteiger partial charge in [0.2, 0.25) is 0 Å². The van der Waals surface area contributed by atoms with Crippen molar-refractivity contribution >= 4 is 5.97 Å². The molecule has 0 unspecified atom stereocenters. The van der Waals surface area contributed by atoms with Crippen molar-refractivity contribution in [2.75, 3.05) is 14.2 Å². The Morgan fingerprint density at radius 2 is 1.72 bits per heavy atom.